The number of aromatic amines is 1. The van der Waals surface area contributed by atoms with Gasteiger partial charge in [-0.2, -0.15) is 0 Å². The molecule has 0 bridgehead atoms. The summed E-state index contributed by atoms with van der Waals surface area (Å²) in [4.78, 5) is 18.3. The van der Waals surface area contributed by atoms with Crippen molar-refractivity contribution in [2.24, 2.45) is 0 Å². The van der Waals surface area contributed by atoms with Crippen molar-refractivity contribution in [3.63, 3.8) is 0 Å². The molecule has 2 aromatic carbocycles. The molecule has 1 fully saturated rings. The molecule has 31 heavy (non-hydrogen) atoms. The number of carbonyl (C=O) groups excluding carboxylic acids is 1. The minimum atomic E-state index is -0.0196. The summed E-state index contributed by atoms with van der Waals surface area (Å²) >= 11 is 0. The number of unbranched alkanes of at least 4 members (excludes halogenated alkanes) is 1. The second-order valence-electron chi connectivity index (χ2n) is 8.39. The van der Waals surface area contributed by atoms with Gasteiger partial charge in [0.15, 0.2) is 0 Å². The van der Waals surface area contributed by atoms with E-state index in [0.717, 1.165) is 57.7 Å². The van der Waals surface area contributed by atoms with E-state index in [2.05, 4.69) is 52.6 Å². The fourth-order valence-corrected chi connectivity index (χ4v) is 4.37. The Hall–Kier alpha value is -2.79. The molecule has 0 aliphatic carbocycles. The van der Waals surface area contributed by atoms with Crippen LogP contribution in [0.4, 0.5) is 0 Å². The smallest absolute Gasteiger partial charge is 0.251 e. The number of H-pyrrole nitrogens is 1. The average Bonchev–Trinajstić information content (AvgIpc) is 3.24. The van der Waals surface area contributed by atoms with Crippen LogP contribution in [0.15, 0.2) is 54.7 Å². The Morgan fingerprint density at radius 1 is 1.13 bits per heavy atom. The van der Waals surface area contributed by atoms with Crippen LogP contribution in [0.3, 0.4) is 0 Å². The van der Waals surface area contributed by atoms with E-state index in [1.807, 2.05) is 24.3 Å². The van der Waals surface area contributed by atoms with Crippen molar-refractivity contribution in [2.45, 2.75) is 38.5 Å². The lowest BCUT2D eigenvalue weighted by atomic mass is 9.89. The molecule has 164 valence electrons. The molecule has 1 saturated heterocycles. The Balaban J connectivity index is 1.19. The molecule has 2 N–H and O–H groups in total. The first kappa shape index (κ1) is 21.4. The van der Waals surface area contributed by atoms with Gasteiger partial charge in [-0.3, -0.25) is 4.79 Å². The fraction of sp³-hybridized carbons (Fsp3) is 0.423. The highest BCUT2D eigenvalue weighted by Crippen LogP contribution is 2.32. The van der Waals surface area contributed by atoms with E-state index in [9.17, 15) is 4.79 Å². The molecule has 2 heterocycles. The lowest BCUT2D eigenvalue weighted by Crippen LogP contribution is -2.39. The Morgan fingerprint density at radius 2 is 1.90 bits per heavy atom. The van der Waals surface area contributed by atoms with E-state index in [1.165, 1.54) is 16.5 Å². The summed E-state index contributed by atoms with van der Waals surface area (Å²) < 4.78 is 5.66. The summed E-state index contributed by atoms with van der Waals surface area (Å²) in [5.41, 5.74) is 3.36. The summed E-state index contributed by atoms with van der Waals surface area (Å²) in [5, 5.41) is 4.41. The molecule has 1 amide bonds. The topological polar surface area (TPSA) is 57.4 Å². The van der Waals surface area contributed by atoms with E-state index in [-0.39, 0.29) is 5.91 Å². The largest absolute Gasteiger partial charge is 0.494 e. The van der Waals surface area contributed by atoms with Crippen molar-refractivity contribution >= 4 is 16.8 Å². The molecule has 0 spiro atoms. The highest BCUT2D eigenvalue weighted by Gasteiger charge is 2.22. The first-order chi connectivity index (χ1) is 15.2. The molecule has 0 unspecified atom stereocenters. The summed E-state index contributed by atoms with van der Waals surface area (Å²) in [6.07, 6.45) is 6.67. The summed E-state index contributed by atoms with van der Waals surface area (Å²) in [6, 6.07) is 16.0. The second kappa shape index (κ2) is 10.5. The normalized spacial score (nSPS) is 15.3. The lowest BCUT2D eigenvalue weighted by molar-refractivity contribution is 0.0945. The molecule has 0 atom stereocenters. The van der Waals surface area contributed by atoms with Crippen LogP contribution in [0, 0.1) is 0 Å². The molecule has 1 aliphatic heterocycles. The number of likely N-dealkylation sites (tertiary alicyclic amines) is 1. The zero-order chi connectivity index (χ0) is 21.5. The second-order valence-corrected chi connectivity index (χ2v) is 8.39. The minimum Gasteiger partial charge on any atom is -0.494 e. The monoisotopic (exact) mass is 419 g/mol. The van der Waals surface area contributed by atoms with Crippen molar-refractivity contribution in [3.8, 4) is 5.75 Å². The van der Waals surface area contributed by atoms with Crippen LogP contribution in [0.1, 0.15) is 54.4 Å². The van der Waals surface area contributed by atoms with E-state index in [0.29, 0.717) is 18.0 Å². The number of piperidine rings is 1. The number of rotatable bonds is 9. The number of carbonyl (C=O) groups is 1. The Bertz CT molecular complexity index is 972. The van der Waals surface area contributed by atoms with Crippen LogP contribution in [-0.2, 0) is 0 Å². The van der Waals surface area contributed by atoms with Crippen LogP contribution >= 0.6 is 0 Å². The Labute approximate surface area is 184 Å². The van der Waals surface area contributed by atoms with Crippen LogP contribution in [-0.4, -0.2) is 48.6 Å². The molecule has 4 rings (SSSR count). The highest BCUT2D eigenvalue weighted by molar-refractivity contribution is 5.94. The van der Waals surface area contributed by atoms with Gasteiger partial charge >= 0.3 is 0 Å². The number of fused-ring (bicyclic) bond motifs is 1. The molecule has 1 aliphatic rings. The van der Waals surface area contributed by atoms with Gasteiger partial charge in [-0.1, -0.05) is 31.5 Å². The quantitative estimate of drug-likeness (QED) is 0.482. The Morgan fingerprint density at radius 3 is 2.68 bits per heavy atom. The zero-order valence-electron chi connectivity index (χ0n) is 18.4. The van der Waals surface area contributed by atoms with E-state index < -0.39 is 0 Å². The summed E-state index contributed by atoms with van der Waals surface area (Å²) in [5.74, 6) is 1.41. The number of nitrogens with zero attached hydrogens (tertiary/aromatic N) is 1. The number of hydrogen-bond donors (Lipinski definition) is 2. The van der Waals surface area contributed by atoms with Crippen LogP contribution in [0.25, 0.3) is 10.9 Å². The standard InChI is InChI=1S/C26H33N3O2/c1-2-3-18-31-22-10-8-21(9-11-22)26(30)27-14-17-29-15-12-20(13-16-29)24-19-28-25-7-5-4-6-23(24)25/h4-11,19-20,28H,2-3,12-18H2,1H3,(H,27,30). The van der Waals surface area contributed by atoms with E-state index in [4.69, 9.17) is 4.74 Å². The van der Waals surface area contributed by atoms with Gasteiger partial charge in [0.25, 0.3) is 5.91 Å². The maximum Gasteiger partial charge on any atom is 0.251 e. The van der Waals surface area contributed by atoms with E-state index >= 15 is 0 Å². The first-order valence-electron chi connectivity index (χ1n) is 11.5. The summed E-state index contributed by atoms with van der Waals surface area (Å²) in [7, 11) is 0. The SMILES string of the molecule is CCCCOc1ccc(C(=O)NCCN2CCC(c3c[nH]c4ccccc34)CC2)cc1. The third kappa shape index (κ3) is 5.47. The van der Waals surface area contributed by atoms with Gasteiger partial charge in [-0.25, -0.2) is 0 Å². The molecule has 0 radical (unpaired) electrons. The molecule has 3 aromatic rings. The highest BCUT2D eigenvalue weighted by atomic mass is 16.5. The fourth-order valence-electron chi connectivity index (χ4n) is 4.37. The number of hydrogen-bond acceptors (Lipinski definition) is 3. The molecule has 5 heteroatoms. The molecule has 1 aromatic heterocycles. The van der Waals surface area contributed by atoms with Gasteiger partial charge in [0, 0.05) is 35.8 Å². The zero-order valence-corrected chi connectivity index (χ0v) is 18.4. The predicted molar refractivity (Wildman–Crippen MR) is 126 cm³/mol. The van der Waals surface area contributed by atoms with Gasteiger partial charge in [-0.05, 0) is 74.2 Å². The maximum absolute atomic E-state index is 12.4. The van der Waals surface area contributed by atoms with Gasteiger partial charge in [0.1, 0.15) is 5.75 Å². The first-order valence-corrected chi connectivity index (χ1v) is 11.5. The van der Waals surface area contributed by atoms with Crippen LogP contribution < -0.4 is 10.1 Å². The van der Waals surface area contributed by atoms with Crippen molar-refractivity contribution in [2.75, 3.05) is 32.8 Å². The average molecular weight is 420 g/mol. The molecular formula is C26H33N3O2. The number of benzene rings is 2. The van der Waals surface area contributed by atoms with Crippen LogP contribution in [0.5, 0.6) is 5.75 Å². The number of ether oxygens (including phenoxy) is 1. The van der Waals surface area contributed by atoms with E-state index in [1.54, 1.807) is 0 Å². The third-order valence-corrected chi connectivity index (χ3v) is 6.25. The van der Waals surface area contributed by atoms with Gasteiger partial charge in [-0.15, -0.1) is 0 Å². The number of para-hydroxylation sites is 1. The number of nitrogens with one attached hydrogen (secondary N) is 2. The third-order valence-electron chi connectivity index (χ3n) is 6.25. The van der Waals surface area contributed by atoms with Crippen molar-refractivity contribution < 1.29 is 9.53 Å². The van der Waals surface area contributed by atoms with Crippen molar-refractivity contribution in [1.29, 1.82) is 0 Å². The summed E-state index contributed by atoms with van der Waals surface area (Å²) in [6.45, 7) is 6.57. The minimum absolute atomic E-state index is 0.0196. The number of amides is 1. The molecular weight excluding hydrogens is 386 g/mol. The van der Waals surface area contributed by atoms with Crippen molar-refractivity contribution in [3.05, 3.63) is 65.9 Å². The van der Waals surface area contributed by atoms with Gasteiger partial charge in [0.05, 0.1) is 6.61 Å². The predicted octanol–water partition coefficient (Wildman–Crippen LogP) is 4.96. The Kier molecular flexibility index (Phi) is 7.26. The molecule has 5 nitrogen and oxygen atoms in total. The maximum atomic E-state index is 12.4. The molecule has 0 saturated carbocycles. The van der Waals surface area contributed by atoms with Crippen molar-refractivity contribution in [1.82, 2.24) is 15.2 Å². The number of aromatic nitrogens is 1. The van der Waals surface area contributed by atoms with Gasteiger partial charge < -0.3 is 19.9 Å². The lowest BCUT2D eigenvalue weighted by Gasteiger charge is -2.32. The van der Waals surface area contributed by atoms with Crippen LogP contribution in [0.2, 0.25) is 0 Å². The van der Waals surface area contributed by atoms with Gasteiger partial charge in [0.2, 0.25) is 0 Å².